The van der Waals surface area contributed by atoms with Gasteiger partial charge in [0.05, 0.1) is 0 Å². The van der Waals surface area contributed by atoms with Crippen molar-refractivity contribution in [3.05, 3.63) is 74.2 Å². The van der Waals surface area contributed by atoms with Crippen molar-refractivity contribution < 1.29 is 4.79 Å². The summed E-state index contributed by atoms with van der Waals surface area (Å²) in [6.07, 6.45) is 3.18. The number of rotatable bonds is 3. The van der Waals surface area contributed by atoms with Crippen LogP contribution in [-0.2, 0) is 0 Å². The molecule has 0 bridgehead atoms. The minimum Gasteiger partial charge on any atom is -0.289 e. The Morgan fingerprint density at radius 3 is 2.58 bits per heavy atom. The SMILES string of the molecule is O=C(C=Cc1ccc(Cl)cc1Cl)c1cccc(Br)c1. The lowest BCUT2D eigenvalue weighted by Gasteiger charge is -1.99. The number of halogens is 3. The molecule has 96 valence electrons. The number of hydrogen-bond acceptors (Lipinski definition) is 1. The van der Waals surface area contributed by atoms with Crippen LogP contribution in [0.2, 0.25) is 10.0 Å². The zero-order valence-electron chi connectivity index (χ0n) is 9.74. The molecule has 0 aliphatic carbocycles. The van der Waals surface area contributed by atoms with Crippen molar-refractivity contribution in [3.8, 4) is 0 Å². The highest BCUT2D eigenvalue weighted by molar-refractivity contribution is 9.10. The Labute approximate surface area is 130 Å². The highest BCUT2D eigenvalue weighted by Crippen LogP contribution is 2.22. The van der Waals surface area contributed by atoms with Crippen LogP contribution in [0.5, 0.6) is 0 Å². The van der Waals surface area contributed by atoms with E-state index < -0.39 is 0 Å². The first-order valence-corrected chi connectivity index (χ1v) is 7.04. The third kappa shape index (κ3) is 3.93. The van der Waals surface area contributed by atoms with E-state index in [2.05, 4.69) is 15.9 Å². The molecule has 0 aromatic heterocycles. The first-order valence-electron chi connectivity index (χ1n) is 5.49. The van der Waals surface area contributed by atoms with Gasteiger partial charge in [-0.05, 0) is 42.0 Å². The Hall–Kier alpha value is -1.09. The summed E-state index contributed by atoms with van der Waals surface area (Å²) >= 11 is 15.2. The maximum Gasteiger partial charge on any atom is 0.185 e. The van der Waals surface area contributed by atoms with Crippen molar-refractivity contribution in [3.63, 3.8) is 0 Å². The van der Waals surface area contributed by atoms with E-state index in [9.17, 15) is 4.79 Å². The normalized spacial score (nSPS) is 10.9. The quantitative estimate of drug-likeness (QED) is 0.513. The average Bonchev–Trinajstić information content (AvgIpc) is 2.37. The first kappa shape index (κ1) is 14.3. The van der Waals surface area contributed by atoms with E-state index in [-0.39, 0.29) is 5.78 Å². The minimum atomic E-state index is -0.0766. The molecule has 0 spiro atoms. The molecular formula is C15H9BrCl2O. The Morgan fingerprint density at radius 1 is 1.11 bits per heavy atom. The lowest BCUT2D eigenvalue weighted by Crippen LogP contribution is -1.93. The van der Waals surface area contributed by atoms with Gasteiger partial charge in [0.15, 0.2) is 5.78 Å². The molecule has 0 fully saturated rings. The molecule has 4 heteroatoms. The molecule has 0 unspecified atom stereocenters. The summed E-state index contributed by atoms with van der Waals surface area (Å²) in [6.45, 7) is 0. The molecule has 2 aromatic carbocycles. The molecule has 0 aliphatic heterocycles. The smallest absolute Gasteiger partial charge is 0.185 e. The fourth-order valence-corrected chi connectivity index (χ4v) is 2.41. The standard InChI is InChI=1S/C15H9BrCl2O/c16-12-3-1-2-11(8-12)15(19)7-5-10-4-6-13(17)9-14(10)18/h1-9H. The summed E-state index contributed by atoms with van der Waals surface area (Å²) in [5.41, 5.74) is 1.38. The number of benzene rings is 2. The van der Waals surface area contributed by atoms with Crippen molar-refractivity contribution in [2.75, 3.05) is 0 Å². The zero-order chi connectivity index (χ0) is 13.8. The Morgan fingerprint density at radius 2 is 1.89 bits per heavy atom. The van der Waals surface area contributed by atoms with Crippen LogP contribution < -0.4 is 0 Å². The lowest BCUT2D eigenvalue weighted by atomic mass is 10.1. The molecule has 0 N–H and O–H groups in total. The molecule has 0 heterocycles. The molecule has 2 aromatic rings. The predicted octanol–water partition coefficient (Wildman–Crippen LogP) is 5.65. The number of carbonyl (C=O) groups is 1. The van der Waals surface area contributed by atoms with Gasteiger partial charge in [-0.1, -0.05) is 57.3 Å². The van der Waals surface area contributed by atoms with Gasteiger partial charge in [-0.2, -0.15) is 0 Å². The van der Waals surface area contributed by atoms with Crippen LogP contribution in [0.3, 0.4) is 0 Å². The van der Waals surface area contributed by atoms with Crippen LogP contribution in [0.25, 0.3) is 6.08 Å². The average molecular weight is 356 g/mol. The zero-order valence-corrected chi connectivity index (χ0v) is 12.8. The van der Waals surface area contributed by atoms with Gasteiger partial charge in [0.1, 0.15) is 0 Å². The number of allylic oxidation sites excluding steroid dienone is 1. The lowest BCUT2D eigenvalue weighted by molar-refractivity contribution is 0.104. The van der Waals surface area contributed by atoms with Crippen molar-refractivity contribution in [2.45, 2.75) is 0 Å². The molecule has 2 rings (SSSR count). The van der Waals surface area contributed by atoms with Gasteiger partial charge in [-0.3, -0.25) is 4.79 Å². The van der Waals surface area contributed by atoms with Gasteiger partial charge in [0.25, 0.3) is 0 Å². The Balaban J connectivity index is 2.21. The van der Waals surface area contributed by atoms with Crippen LogP contribution in [-0.4, -0.2) is 5.78 Å². The first-order chi connectivity index (χ1) is 9.06. The second-order valence-electron chi connectivity index (χ2n) is 3.87. The fraction of sp³-hybridized carbons (Fsp3) is 0. The van der Waals surface area contributed by atoms with Crippen LogP contribution >= 0.6 is 39.1 Å². The van der Waals surface area contributed by atoms with Gasteiger partial charge >= 0.3 is 0 Å². The van der Waals surface area contributed by atoms with E-state index in [1.54, 1.807) is 36.4 Å². The molecule has 0 saturated heterocycles. The Bertz CT molecular complexity index is 650. The maximum absolute atomic E-state index is 12.0. The molecule has 0 atom stereocenters. The summed E-state index contributed by atoms with van der Waals surface area (Å²) in [5.74, 6) is -0.0766. The van der Waals surface area contributed by atoms with Crippen LogP contribution in [0.15, 0.2) is 53.0 Å². The fourth-order valence-electron chi connectivity index (χ4n) is 1.54. The third-order valence-corrected chi connectivity index (χ3v) is 3.54. The van der Waals surface area contributed by atoms with Crippen LogP contribution in [0.1, 0.15) is 15.9 Å². The largest absolute Gasteiger partial charge is 0.289 e. The molecule has 0 radical (unpaired) electrons. The second-order valence-corrected chi connectivity index (χ2v) is 5.63. The Kier molecular flexibility index (Phi) is 4.81. The van der Waals surface area contributed by atoms with Gasteiger partial charge < -0.3 is 0 Å². The van der Waals surface area contributed by atoms with Crippen molar-refractivity contribution >= 4 is 51.0 Å². The van der Waals surface area contributed by atoms with E-state index in [4.69, 9.17) is 23.2 Å². The van der Waals surface area contributed by atoms with Crippen molar-refractivity contribution in [1.29, 1.82) is 0 Å². The van der Waals surface area contributed by atoms with Gasteiger partial charge in [0, 0.05) is 20.1 Å². The third-order valence-electron chi connectivity index (χ3n) is 2.49. The minimum absolute atomic E-state index is 0.0766. The summed E-state index contributed by atoms with van der Waals surface area (Å²) in [7, 11) is 0. The summed E-state index contributed by atoms with van der Waals surface area (Å²) in [5, 5.41) is 1.09. The summed E-state index contributed by atoms with van der Waals surface area (Å²) < 4.78 is 0.872. The predicted molar refractivity (Wildman–Crippen MR) is 84.0 cm³/mol. The monoisotopic (exact) mass is 354 g/mol. The highest BCUT2D eigenvalue weighted by atomic mass is 79.9. The molecule has 0 aliphatic rings. The molecule has 1 nitrogen and oxygen atoms in total. The summed E-state index contributed by atoms with van der Waals surface area (Å²) in [4.78, 5) is 12.0. The van der Waals surface area contributed by atoms with Gasteiger partial charge in [0.2, 0.25) is 0 Å². The molecular weight excluding hydrogens is 347 g/mol. The van der Waals surface area contributed by atoms with E-state index in [0.29, 0.717) is 15.6 Å². The summed E-state index contributed by atoms with van der Waals surface area (Å²) in [6, 6.07) is 12.4. The maximum atomic E-state index is 12.0. The van der Waals surface area contributed by atoms with E-state index >= 15 is 0 Å². The van der Waals surface area contributed by atoms with Gasteiger partial charge in [-0.25, -0.2) is 0 Å². The van der Waals surface area contributed by atoms with E-state index in [0.717, 1.165) is 10.0 Å². The van der Waals surface area contributed by atoms with E-state index in [1.165, 1.54) is 6.08 Å². The molecule has 19 heavy (non-hydrogen) atoms. The number of ketones is 1. The van der Waals surface area contributed by atoms with Crippen LogP contribution in [0, 0.1) is 0 Å². The van der Waals surface area contributed by atoms with Crippen molar-refractivity contribution in [2.24, 2.45) is 0 Å². The number of carbonyl (C=O) groups excluding carboxylic acids is 1. The molecule has 0 saturated carbocycles. The topological polar surface area (TPSA) is 17.1 Å². The number of hydrogen-bond donors (Lipinski definition) is 0. The highest BCUT2D eigenvalue weighted by Gasteiger charge is 2.03. The van der Waals surface area contributed by atoms with E-state index in [1.807, 2.05) is 12.1 Å². The second kappa shape index (κ2) is 6.38. The van der Waals surface area contributed by atoms with Gasteiger partial charge in [-0.15, -0.1) is 0 Å². The molecule has 0 amide bonds. The van der Waals surface area contributed by atoms with Crippen LogP contribution in [0.4, 0.5) is 0 Å². The van der Waals surface area contributed by atoms with Crippen molar-refractivity contribution in [1.82, 2.24) is 0 Å².